The molecule has 8 heteroatoms. The molecular formula is C19H23Cl2N5O. The number of nitrogens with zero attached hydrogens (tertiary/aromatic N) is 5. The summed E-state index contributed by atoms with van der Waals surface area (Å²) in [6, 6.07) is 5.76. The average Bonchev–Trinajstić information content (AvgIpc) is 3.40. The summed E-state index contributed by atoms with van der Waals surface area (Å²) in [5.74, 6) is 0.766. The Kier molecular flexibility index (Phi) is 5.39. The van der Waals surface area contributed by atoms with Crippen molar-refractivity contribution in [3.63, 3.8) is 0 Å². The summed E-state index contributed by atoms with van der Waals surface area (Å²) in [7, 11) is 0. The van der Waals surface area contributed by atoms with Gasteiger partial charge in [-0.2, -0.15) is 0 Å². The molecule has 2 aliphatic heterocycles. The van der Waals surface area contributed by atoms with Crippen molar-refractivity contribution in [2.24, 2.45) is 0 Å². The molecule has 1 unspecified atom stereocenters. The fourth-order valence-corrected chi connectivity index (χ4v) is 4.56. The van der Waals surface area contributed by atoms with Gasteiger partial charge in [0.05, 0.1) is 10.0 Å². The van der Waals surface area contributed by atoms with Crippen LogP contribution >= 0.6 is 23.2 Å². The molecule has 0 aliphatic carbocycles. The molecule has 2 saturated heterocycles. The highest BCUT2D eigenvalue weighted by Gasteiger charge is 2.33. The van der Waals surface area contributed by atoms with Crippen molar-refractivity contribution in [3.05, 3.63) is 39.9 Å². The maximum Gasteiger partial charge on any atom is 0.293 e. The lowest BCUT2D eigenvalue weighted by atomic mass is 10.2. The lowest BCUT2D eigenvalue weighted by Crippen LogP contribution is -2.37. The molecule has 0 radical (unpaired) electrons. The molecule has 4 rings (SSSR count). The predicted molar refractivity (Wildman–Crippen MR) is 106 cm³/mol. The topological polar surface area (TPSA) is 54.3 Å². The highest BCUT2D eigenvalue weighted by molar-refractivity contribution is 6.37. The van der Waals surface area contributed by atoms with Crippen LogP contribution in [-0.2, 0) is 6.42 Å². The van der Waals surface area contributed by atoms with Gasteiger partial charge in [-0.15, -0.1) is 5.10 Å². The van der Waals surface area contributed by atoms with E-state index in [0.29, 0.717) is 34.0 Å². The fraction of sp³-hybridized carbons (Fsp3) is 0.526. The van der Waals surface area contributed by atoms with Crippen LogP contribution in [0.4, 0.5) is 0 Å². The van der Waals surface area contributed by atoms with Gasteiger partial charge in [-0.25, -0.2) is 9.67 Å². The average molecular weight is 408 g/mol. The minimum Gasteiger partial charge on any atom is -0.334 e. The second-order valence-corrected chi connectivity index (χ2v) is 7.94. The third-order valence-electron chi connectivity index (χ3n) is 5.44. The van der Waals surface area contributed by atoms with Gasteiger partial charge in [-0.1, -0.05) is 36.2 Å². The van der Waals surface area contributed by atoms with E-state index in [-0.39, 0.29) is 11.7 Å². The maximum absolute atomic E-state index is 13.0. The number of hydrogen-bond acceptors (Lipinski definition) is 4. The number of aryl methyl sites for hydroxylation is 1. The first-order valence-electron chi connectivity index (χ1n) is 9.52. The summed E-state index contributed by atoms with van der Waals surface area (Å²) in [5, 5.41) is 5.44. The summed E-state index contributed by atoms with van der Waals surface area (Å²) in [4.78, 5) is 21.8. The number of para-hydroxylation sites is 1. The molecule has 1 amide bonds. The Balaban J connectivity index is 1.58. The Hall–Kier alpha value is -1.63. The van der Waals surface area contributed by atoms with Crippen molar-refractivity contribution in [2.75, 3.05) is 26.2 Å². The summed E-state index contributed by atoms with van der Waals surface area (Å²) in [6.07, 6.45) is 4.16. The molecule has 0 saturated carbocycles. The Morgan fingerprint density at radius 3 is 2.56 bits per heavy atom. The molecule has 0 spiro atoms. The van der Waals surface area contributed by atoms with Crippen LogP contribution in [0.5, 0.6) is 0 Å². The van der Waals surface area contributed by atoms with Crippen LogP contribution in [-0.4, -0.2) is 62.7 Å². The van der Waals surface area contributed by atoms with Gasteiger partial charge in [0.25, 0.3) is 5.91 Å². The lowest BCUT2D eigenvalue weighted by molar-refractivity contribution is 0.0768. The van der Waals surface area contributed by atoms with Crippen molar-refractivity contribution < 1.29 is 4.79 Å². The van der Waals surface area contributed by atoms with E-state index >= 15 is 0 Å². The minimum atomic E-state index is -0.117. The third kappa shape index (κ3) is 3.58. The zero-order valence-corrected chi connectivity index (χ0v) is 16.9. The second-order valence-electron chi connectivity index (χ2n) is 7.12. The largest absolute Gasteiger partial charge is 0.334 e. The van der Waals surface area contributed by atoms with E-state index in [2.05, 4.69) is 15.0 Å². The fourth-order valence-electron chi connectivity index (χ4n) is 4.01. The number of amides is 1. The highest BCUT2D eigenvalue weighted by atomic mass is 35.5. The Labute approximate surface area is 169 Å². The van der Waals surface area contributed by atoms with Crippen molar-refractivity contribution in [1.29, 1.82) is 0 Å². The van der Waals surface area contributed by atoms with Gasteiger partial charge in [0.1, 0.15) is 11.5 Å². The van der Waals surface area contributed by atoms with Crippen molar-refractivity contribution in [1.82, 2.24) is 24.6 Å². The molecule has 1 atom stereocenters. The third-order valence-corrected chi connectivity index (χ3v) is 6.05. The van der Waals surface area contributed by atoms with Crippen LogP contribution in [0.1, 0.15) is 42.6 Å². The number of halogens is 2. The first-order valence-corrected chi connectivity index (χ1v) is 10.3. The zero-order chi connectivity index (χ0) is 19.0. The summed E-state index contributed by atoms with van der Waals surface area (Å²) in [5.41, 5.74) is 0.570. The maximum atomic E-state index is 13.0. The Bertz CT molecular complexity index is 826. The van der Waals surface area contributed by atoms with Gasteiger partial charge in [0.2, 0.25) is 5.82 Å². The Morgan fingerprint density at radius 1 is 1.19 bits per heavy atom. The normalized spacial score (nSPS) is 20.6. The van der Waals surface area contributed by atoms with Crippen LogP contribution in [0.2, 0.25) is 10.0 Å². The molecule has 27 heavy (non-hydrogen) atoms. The van der Waals surface area contributed by atoms with Gasteiger partial charge in [-0.3, -0.25) is 9.69 Å². The van der Waals surface area contributed by atoms with E-state index < -0.39 is 0 Å². The Morgan fingerprint density at radius 2 is 1.89 bits per heavy atom. The van der Waals surface area contributed by atoms with E-state index in [9.17, 15) is 4.79 Å². The number of carbonyl (C=O) groups is 1. The van der Waals surface area contributed by atoms with Crippen molar-refractivity contribution in [2.45, 2.75) is 38.6 Å². The monoisotopic (exact) mass is 407 g/mol. The molecule has 2 fully saturated rings. The van der Waals surface area contributed by atoms with Gasteiger partial charge in [-0.05, 0) is 44.5 Å². The molecule has 2 aliphatic rings. The number of benzene rings is 1. The molecule has 6 nitrogen and oxygen atoms in total. The van der Waals surface area contributed by atoms with Crippen LogP contribution in [0.15, 0.2) is 18.2 Å². The predicted octanol–water partition coefficient (Wildman–Crippen LogP) is 3.45. The quantitative estimate of drug-likeness (QED) is 0.778. The summed E-state index contributed by atoms with van der Waals surface area (Å²) in [6.45, 7) is 5.76. The zero-order valence-electron chi connectivity index (χ0n) is 15.4. The number of rotatable bonds is 4. The van der Waals surface area contributed by atoms with E-state index in [0.717, 1.165) is 32.6 Å². The standard InChI is InChI=1S/C19H23Cl2N5O/c1-2-16-22-18(23-26(16)17-14(20)6-5-7-15(17)21)19(27)25-11-8-13(12-25)24-9-3-4-10-24/h5-7,13H,2-4,8-12H2,1H3. The minimum absolute atomic E-state index is 0.117. The van der Waals surface area contributed by atoms with Crippen LogP contribution in [0.25, 0.3) is 5.69 Å². The molecule has 1 aromatic carbocycles. The first-order chi connectivity index (χ1) is 13.1. The SMILES string of the molecule is CCc1nc(C(=O)N2CCC(N3CCCC3)C2)nn1-c1c(Cl)cccc1Cl. The summed E-state index contributed by atoms with van der Waals surface area (Å²) >= 11 is 12.7. The van der Waals surface area contributed by atoms with Gasteiger partial charge >= 0.3 is 0 Å². The van der Waals surface area contributed by atoms with E-state index in [4.69, 9.17) is 23.2 Å². The van der Waals surface area contributed by atoms with E-state index in [1.165, 1.54) is 12.8 Å². The smallest absolute Gasteiger partial charge is 0.293 e. The molecule has 0 bridgehead atoms. The van der Waals surface area contributed by atoms with Gasteiger partial charge < -0.3 is 4.90 Å². The first kappa shape index (κ1) is 18.7. The van der Waals surface area contributed by atoms with Crippen LogP contribution < -0.4 is 0 Å². The van der Waals surface area contributed by atoms with Crippen LogP contribution in [0.3, 0.4) is 0 Å². The van der Waals surface area contributed by atoms with Crippen LogP contribution in [0, 0.1) is 0 Å². The lowest BCUT2D eigenvalue weighted by Gasteiger charge is -2.23. The molecule has 2 aromatic rings. The molecule has 144 valence electrons. The van der Waals surface area contributed by atoms with Crippen molar-refractivity contribution in [3.8, 4) is 5.69 Å². The number of aromatic nitrogens is 3. The highest BCUT2D eigenvalue weighted by Crippen LogP contribution is 2.29. The molecular weight excluding hydrogens is 385 g/mol. The number of hydrogen-bond donors (Lipinski definition) is 0. The van der Waals surface area contributed by atoms with E-state index in [1.807, 2.05) is 11.8 Å². The molecule has 0 N–H and O–H groups in total. The summed E-state index contributed by atoms with van der Waals surface area (Å²) < 4.78 is 1.60. The molecule has 1 aromatic heterocycles. The van der Waals surface area contributed by atoms with Gasteiger partial charge in [0, 0.05) is 25.6 Å². The van der Waals surface area contributed by atoms with Crippen molar-refractivity contribution >= 4 is 29.1 Å². The second kappa shape index (κ2) is 7.78. The van der Waals surface area contributed by atoms with E-state index in [1.54, 1.807) is 22.9 Å². The van der Waals surface area contributed by atoms with Gasteiger partial charge in [0.15, 0.2) is 0 Å². The number of likely N-dealkylation sites (tertiary alicyclic amines) is 2. The molecule has 3 heterocycles. The number of carbonyl (C=O) groups excluding carboxylic acids is 1.